The van der Waals surface area contributed by atoms with E-state index in [4.69, 9.17) is 11.6 Å². The van der Waals surface area contributed by atoms with E-state index in [1.165, 1.54) is 49.2 Å². The molecule has 0 unspecified atom stereocenters. The molecule has 3 aromatic rings. The van der Waals surface area contributed by atoms with Gasteiger partial charge in [-0.1, -0.05) is 59.6 Å². The lowest BCUT2D eigenvalue weighted by Gasteiger charge is -2.32. The summed E-state index contributed by atoms with van der Waals surface area (Å²) in [6.07, 6.45) is 0. The van der Waals surface area contributed by atoms with Crippen molar-refractivity contribution in [1.29, 1.82) is 0 Å². The van der Waals surface area contributed by atoms with Crippen molar-refractivity contribution in [2.45, 2.75) is 31.3 Å². The third-order valence-corrected chi connectivity index (χ3v) is 7.86. The highest BCUT2D eigenvalue weighted by atomic mass is 35.5. The van der Waals surface area contributed by atoms with Crippen LogP contribution in [0.3, 0.4) is 0 Å². The minimum Gasteiger partial charge on any atom is -0.357 e. The zero-order chi connectivity index (χ0) is 26.5. The van der Waals surface area contributed by atoms with E-state index >= 15 is 0 Å². The average Bonchev–Trinajstić information content (AvgIpc) is 2.86. The number of rotatable bonds is 9. The van der Waals surface area contributed by atoms with Gasteiger partial charge in [0.1, 0.15) is 18.4 Å². The first-order valence-corrected chi connectivity index (χ1v) is 13.0. The van der Waals surface area contributed by atoms with Gasteiger partial charge >= 0.3 is 0 Å². The molecule has 0 spiro atoms. The molecule has 0 bridgehead atoms. The molecule has 190 valence electrons. The molecule has 2 amide bonds. The molecule has 0 aliphatic rings. The zero-order valence-electron chi connectivity index (χ0n) is 20.1. The Bertz CT molecular complexity index is 1350. The quantitative estimate of drug-likeness (QED) is 0.449. The number of hydrogen-bond donors (Lipinski definition) is 1. The van der Waals surface area contributed by atoms with Crippen LogP contribution >= 0.6 is 11.6 Å². The van der Waals surface area contributed by atoms with E-state index < -0.39 is 40.2 Å². The van der Waals surface area contributed by atoms with E-state index in [1.807, 2.05) is 0 Å². The van der Waals surface area contributed by atoms with Crippen LogP contribution in [0, 0.1) is 12.7 Å². The molecule has 0 aliphatic heterocycles. The van der Waals surface area contributed by atoms with Gasteiger partial charge in [0, 0.05) is 18.6 Å². The van der Waals surface area contributed by atoms with Crippen molar-refractivity contribution in [2.24, 2.45) is 0 Å². The minimum absolute atomic E-state index is 0.0528. The molecule has 0 saturated heterocycles. The Labute approximate surface area is 215 Å². The topological polar surface area (TPSA) is 86.8 Å². The van der Waals surface area contributed by atoms with Gasteiger partial charge in [-0.05, 0) is 49.7 Å². The largest absolute Gasteiger partial charge is 0.357 e. The number of anilines is 1. The smallest absolute Gasteiger partial charge is 0.264 e. The van der Waals surface area contributed by atoms with Crippen LogP contribution in [0.15, 0.2) is 77.7 Å². The predicted octanol–water partition coefficient (Wildman–Crippen LogP) is 4.15. The van der Waals surface area contributed by atoms with Gasteiger partial charge in [-0.15, -0.1) is 0 Å². The van der Waals surface area contributed by atoms with Crippen molar-refractivity contribution < 1.29 is 22.4 Å². The monoisotopic (exact) mass is 531 g/mol. The Morgan fingerprint density at radius 2 is 1.61 bits per heavy atom. The number of aryl methyl sites for hydroxylation is 1. The van der Waals surface area contributed by atoms with Gasteiger partial charge in [-0.2, -0.15) is 0 Å². The summed E-state index contributed by atoms with van der Waals surface area (Å²) in [7, 11) is -2.90. The lowest BCUT2D eigenvalue weighted by atomic mass is 10.1. The maximum Gasteiger partial charge on any atom is 0.264 e. The van der Waals surface area contributed by atoms with Crippen LogP contribution < -0.4 is 9.62 Å². The van der Waals surface area contributed by atoms with Crippen molar-refractivity contribution >= 4 is 39.1 Å². The van der Waals surface area contributed by atoms with Crippen molar-refractivity contribution in [3.8, 4) is 0 Å². The highest BCUT2D eigenvalue weighted by Gasteiger charge is 2.33. The number of nitrogens with one attached hydrogen (secondary N) is 1. The summed E-state index contributed by atoms with van der Waals surface area (Å²) in [5, 5.41) is 2.89. The van der Waals surface area contributed by atoms with Gasteiger partial charge in [0.2, 0.25) is 11.8 Å². The predicted molar refractivity (Wildman–Crippen MR) is 138 cm³/mol. The molecule has 0 fully saturated rings. The van der Waals surface area contributed by atoms with E-state index in [0.29, 0.717) is 10.6 Å². The number of halogens is 2. The van der Waals surface area contributed by atoms with Crippen LogP contribution in [0.2, 0.25) is 5.02 Å². The summed E-state index contributed by atoms with van der Waals surface area (Å²) in [5.41, 5.74) is 1.13. The molecule has 0 heterocycles. The van der Waals surface area contributed by atoms with Crippen molar-refractivity contribution in [2.75, 3.05) is 17.9 Å². The third kappa shape index (κ3) is 6.03. The van der Waals surface area contributed by atoms with Crippen LogP contribution in [-0.4, -0.2) is 44.8 Å². The van der Waals surface area contributed by atoms with Gasteiger partial charge in [0.05, 0.1) is 10.6 Å². The van der Waals surface area contributed by atoms with Gasteiger partial charge in [0.15, 0.2) is 0 Å². The number of para-hydroxylation sites is 1. The summed E-state index contributed by atoms with van der Waals surface area (Å²) in [5.74, 6) is -1.96. The fourth-order valence-corrected chi connectivity index (χ4v) is 5.22. The van der Waals surface area contributed by atoms with Gasteiger partial charge in [-0.3, -0.25) is 13.9 Å². The average molecular weight is 532 g/mol. The Hall–Kier alpha value is -3.43. The Morgan fingerprint density at radius 3 is 2.22 bits per heavy atom. The fraction of sp³-hybridized carbons (Fsp3) is 0.231. The molecular formula is C26H27ClFN3O4S. The number of likely N-dealkylation sites (N-methyl/N-ethyl adjacent to an activating group) is 1. The van der Waals surface area contributed by atoms with Crippen LogP contribution in [0.5, 0.6) is 0 Å². The second kappa shape index (κ2) is 11.5. The number of sulfonamides is 1. The number of amides is 2. The van der Waals surface area contributed by atoms with E-state index in [2.05, 4.69) is 5.32 Å². The summed E-state index contributed by atoms with van der Waals surface area (Å²) >= 11 is 6.28. The number of carbonyl (C=O) groups is 2. The van der Waals surface area contributed by atoms with Crippen molar-refractivity contribution in [1.82, 2.24) is 10.2 Å². The molecule has 3 aromatic carbocycles. The first-order chi connectivity index (χ1) is 17.1. The lowest BCUT2D eigenvalue weighted by Crippen LogP contribution is -2.50. The molecule has 10 heteroatoms. The van der Waals surface area contributed by atoms with Crippen molar-refractivity contribution in [3.63, 3.8) is 0 Å². The SMILES string of the molecule is CNC(=O)[C@@H](C)N(Cc1ccccc1Cl)C(=O)CN(c1ccccc1F)S(=O)(=O)c1ccc(C)cc1. The fourth-order valence-electron chi connectivity index (χ4n) is 3.61. The highest BCUT2D eigenvalue weighted by molar-refractivity contribution is 7.92. The first kappa shape index (κ1) is 27.2. The van der Waals surface area contributed by atoms with Gasteiger partial charge in [-0.25, -0.2) is 12.8 Å². The molecule has 0 aliphatic carbocycles. The molecule has 36 heavy (non-hydrogen) atoms. The summed E-state index contributed by atoms with van der Waals surface area (Å²) in [6.45, 7) is 2.54. The molecule has 1 atom stereocenters. The molecule has 0 radical (unpaired) electrons. The van der Waals surface area contributed by atoms with E-state index in [0.717, 1.165) is 15.9 Å². The number of benzene rings is 3. The summed E-state index contributed by atoms with van der Waals surface area (Å²) < 4.78 is 42.8. The van der Waals surface area contributed by atoms with E-state index in [-0.39, 0.29) is 17.1 Å². The van der Waals surface area contributed by atoms with Gasteiger partial charge in [0.25, 0.3) is 10.0 Å². The Morgan fingerprint density at radius 1 is 1.00 bits per heavy atom. The maximum absolute atomic E-state index is 14.8. The number of hydrogen-bond acceptors (Lipinski definition) is 4. The summed E-state index contributed by atoms with van der Waals surface area (Å²) in [4.78, 5) is 27.2. The molecule has 3 rings (SSSR count). The molecule has 7 nitrogen and oxygen atoms in total. The number of carbonyl (C=O) groups excluding carboxylic acids is 2. The van der Waals surface area contributed by atoms with Gasteiger partial charge < -0.3 is 10.2 Å². The normalized spacial score (nSPS) is 12.0. The van der Waals surface area contributed by atoms with Crippen LogP contribution in [0.1, 0.15) is 18.1 Å². The highest BCUT2D eigenvalue weighted by Crippen LogP contribution is 2.27. The van der Waals surface area contributed by atoms with Crippen LogP contribution in [0.4, 0.5) is 10.1 Å². The maximum atomic E-state index is 14.8. The first-order valence-electron chi connectivity index (χ1n) is 11.1. The molecule has 1 N–H and O–H groups in total. The molecule has 0 aromatic heterocycles. The third-order valence-electron chi connectivity index (χ3n) is 5.72. The summed E-state index contributed by atoms with van der Waals surface area (Å²) in [6, 6.07) is 17.2. The zero-order valence-corrected chi connectivity index (χ0v) is 21.7. The lowest BCUT2D eigenvalue weighted by molar-refractivity contribution is -0.139. The second-order valence-corrected chi connectivity index (χ2v) is 10.4. The van der Waals surface area contributed by atoms with Crippen molar-refractivity contribution in [3.05, 3.63) is 94.8 Å². The van der Waals surface area contributed by atoms with Crippen LogP contribution in [0.25, 0.3) is 0 Å². The Kier molecular flexibility index (Phi) is 8.70. The minimum atomic E-state index is -4.34. The van der Waals surface area contributed by atoms with Crippen LogP contribution in [-0.2, 0) is 26.2 Å². The van der Waals surface area contributed by atoms with E-state index in [1.54, 1.807) is 43.3 Å². The molecular weight excluding hydrogens is 505 g/mol. The van der Waals surface area contributed by atoms with E-state index in [9.17, 15) is 22.4 Å². The number of nitrogens with zero attached hydrogens (tertiary/aromatic N) is 2. The standard InChI is InChI=1S/C26H27ClFN3O4S/c1-18-12-14-21(15-13-18)36(34,35)31(24-11-7-6-10-23(24)28)17-25(32)30(19(2)26(33)29-3)16-20-8-4-5-9-22(20)27/h4-15,19H,16-17H2,1-3H3,(H,29,33)/t19-/m1/s1. The second-order valence-electron chi connectivity index (χ2n) is 8.18. The Balaban J connectivity index is 2.06. The molecule has 0 saturated carbocycles.